The molecule has 0 bridgehead atoms. The Morgan fingerprint density at radius 3 is 2.10 bits per heavy atom. The standard InChI is InChI=1S/C10H7F7N2O/c11-7(12)9(13,14)8(20)19-6-2-1-4(3-5(6)18)10(15,16)17/h1-3,7H,18H2,(H,19,20). The fourth-order valence-corrected chi connectivity index (χ4v) is 1.16. The number of carbonyl (C=O) groups excluding carboxylic acids is 1. The van der Waals surface area contributed by atoms with Crippen molar-refractivity contribution in [1.29, 1.82) is 0 Å². The molecule has 3 N–H and O–H groups in total. The number of nitrogen functional groups attached to an aromatic ring is 1. The zero-order valence-electron chi connectivity index (χ0n) is 9.44. The smallest absolute Gasteiger partial charge is 0.397 e. The number of benzene rings is 1. The van der Waals surface area contributed by atoms with E-state index in [2.05, 4.69) is 0 Å². The molecular weight excluding hydrogens is 297 g/mol. The van der Waals surface area contributed by atoms with Crippen LogP contribution in [0.15, 0.2) is 18.2 Å². The highest BCUT2D eigenvalue weighted by molar-refractivity contribution is 5.98. The van der Waals surface area contributed by atoms with Crippen LogP contribution in [-0.4, -0.2) is 18.3 Å². The summed E-state index contributed by atoms with van der Waals surface area (Å²) < 4.78 is 86.0. The van der Waals surface area contributed by atoms with Crippen molar-refractivity contribution in [3.05, 3.63) is 23.8 Å². The first kappa shape index (κ1) is 16.1. The van der Waals surface area contributed by atoms with E-state index >= 15 is 0 Å². The minimum atomic E-state index is -4.98. The minimum absolute atomic E-state index is 0.385. The molecule has 0 radical (unpaired) electrons. The zero-order valence-corrected chi connectivity index (χ0v) is 9.44. The van der Waals surface area contributed by atoms with Gasteiger partial charge < -0.3 is 11.1 Å². The van der Waals surface area contributed by atoms with Crippen LogP contribution in [0.25, 0.3) is 0 Å². The Bertz CT molecular complexity index is 513. The molecule has 0 saturated heterocycles. The predicted molar refractivity (Wildman–Crippen MR) is 55.4 cm³/mol. The third-order valence-corrected chi connectivity index (χ3v) is 2.20. The van der Waals surface area contributed by atoms with Crippen molar-refractivity contribution >= 4 is 17.3 Å². The summed E-state index contributed by atoms with van der Waals surface area (Å²) in [6, 6.07) is 1.44. The van der Waals surface area contributed by atoms with E-state index in [1.165, 1.54) is 5.32 Å². The fraction of sp³-hybridized carbons (Fsp3) is 0.300. The van der Waals surface area contributed by atoms with Crippen molar-refractivity contribution in [2.75, 3.05) is 11.1 Å². The highest BCUT2D eigenvalue weighted by Crippen LogP contribution is 2.33. The molecule has 0 aliphatic rings. The lowest BCUT2D eigenvalue weighted by Crippen LogP contribution is -2.41. The van der Waals surface area contributed by atoms with Crippen LogP contribution in [0.2, 0.25) is 0 Å². The zero-order chi connectivity index (χ0) is 15.7. The molecule has 0 fully saturated rings. The number of nitrogens with one attached hydrogen (secondary N) is 1. The Morgan fingerprint density at radius 1 is 1.15 bits per heavy atom. The van der Waals surface area contributed by atoms with Crippen LogP contribution in [0, 0.1) is 0 Å². The van der Waals surface area contributed by atoms with Crippen LogP contribution in [0.3, 0.4) is 0 Å². The first-order valence-electron chi connectivity index (χ1n) is 4.90. The topological polar surface area (TPSA) is 55.1 Å². The van der Waals surface area contributed by atoms with E-state index in [0.29, 0.717) is 18.2 Å². The number of nitrogens with two attached hydrogens (primary N) is 1. The molecule has 112 valence electrons. The molecule has 1 rings (SSSR count). The van der Waals surface area contributed by atoms with Gasteiger partial charge in [0.25, 0.3) is 0 Å². The van der Waals surface area contributed by atoms with Gasteiger partial charge in [0.1, 0.15) is 0 Å². The van der Waals surface area contributed by atoms with E-state index in [9.17, 15) is 35.5 Å². The number of anilines is 2. The molecule has 0 aromatic heterocycles. The van der Waals surface area contributed by atoms with E-state index in [-0.39, 0.29) is 0 Å². The highest BCUT2D eigenvalue weighted by atomic mass is 19.4. The van der Waals surface area contributed by atoms with Gasteiger partial charge in [-0.2, -0.15) is 22.0 Å². The van der Waals surface area contributed by atoms with Gasteiger partial charge in [-0.1, -0.05) is 0 Å². The van der Waals surface area contributed by atoms with Gasteiger partial charge in [0, 0.05) is 0 Å². The Morgan fingerprint density at radius 2 is 1.70 bits per heavy atom. The molecule has 0 aliphatic heterocycles. The third-order valence-electron chi connectivity index (χ3n) is 2.20. The summed E-state index contributed by atoms with van der Waals surface area (Å²) in [5.74, 6) is -7.34. The summed E-state index contributed by atoms with van der Waals surface area (Å²) in [7, 11) is 0. The fourth-order valence-electron chi connectivity index (χ4n) is 1.16. The first-order valence-corrected chi connectivity index (χ1v) is 4.90. The minimum Gasteiger partial charge on any atom is -0.397 e. The maximum Gasteiger partial charge on any atom is 0.416 e. The number of amides is 1. The Hall–Kier alpha value is -2.00. The van der Waals surface area contributed by atoms with Crippen molar-refractivity contribution in [3.63, 3.8) is 0 Å². The Balaban J connectivity index is 2.98. The van der Waals surface area contributed by atoms with Crippen LogP contribution < -0.4 is 11.1 Å². The van der Waals surface area contributed by atoms with Gasteiger partial charge in [-0.15, -0.1) is 0 Å². The monoisotopic (exact) mass is 304 g/mol. The van der Waals surface area contributed by atoms with E-state index in [0.717, 1.165) is 0 Å². The first-order chi connectivity index (χ1) is 8.96. The van der Waals surface area contributed by atoms with Gasteiger partial charge in [0.15, 0.2) is 0 Å². The highest BCUT2D eigenvalue weighted by Gasteiger charge is 2.49. The van der Waals surface area contributed by atoms with Crippen molar-refractivity contribution in [3.8, 4) is 0 Å². The predicted octanol–water partition coefficient (Wildman–Crippen LogP) is 3.13. The second-order valence-corrected chi connectivity index (χ2v) is 3.68. The van der Waals surface area contributed by atoms with Crippen LogP contribution >= 0.6 is 0 Å². The average Bonchev–Trinajstić information content (AvgIpc) is 2.29. The van der Waals surface area contributed by atoms with Crippen LogP contribution in [0.5, 0.6) is 0 Å². The molecule has 1 aromatic carbocycles. The number of rotatable bonds is 3. The lowest BCUT2D eigenvalue weighted by molar-refractivity contribution is -0.163. The van der Waals surface area contributed by atoms with Crippen molar-refractivity contribution < 1.29 is 35.5 Å². The molecule has 0 unspecified atom stereocenters. The number of hydrogen-bond donors (Lipinski definition) is 2. The summed E-state index contributed by atoms with van der Waals surface area (Å²) in [4.78, 5) is 10.9. The Kier molecular flexibility index (Phi) is 4.15. The molecule has 0 atom stereocenters. The van der Waals surface area contributed by atoms with E-state index in [1.807, 2.05) is 0 Å². The van der Waals surface area contributed by atoms with E-state index < -0.39 is 41.4 Å². The molecule has 1 amide bonds. The second-order valence-electron chi connectivity index (χ2n) is 3.68. The number of hydrogen-bond acceptors (Lipinski definition) is 2. The van der Waals surface area contributed by atoms with Crippen molar-refractivity contribution in [2.45, 2.75) is 18.5 Å². The van der Waals surface area contributed by atoms with Crippen molar-refractivity contribution in [1.82, 2.24) is 0 Å². The lowest BCUT2D eigenvalue weighted by atomic mass is 10.1. The quantitative estimate of drug-likeness (QED) is 0.666. The summed E-state index contributed by atoms with van der Waals surface area (Å²) in [6.07, 6.45) is -8.97. The number of carbonyl (C=O) groups is 1. The van der Waals surface area contributed by atoms with Crippen LogP contribution in [0.1, 0.15) is 5.56 Å². The summed E-state index contributed by atoms with van der Waals surface area (Å²) in [5.41, 5.74) is 2.66. The van der Waals surface area contributed by atoms with Gasteiger partial charge in [-0.3, -0.25) is 4.79 Å². The summed E-state index contributed by atoms with van der Waals surface area (Å²) >= 11 is 0. The molecule has 1 aromatic rings. The average molecular weight is 304 g/mol. The van der Waals surface area contributed by atoms with E-state index in [4.69, 9.17) is 5.73 Å². The molecular formula is C10H7F7N2O. The van der Waals surface area contributed by atoms with Gasteiger partial charge in [-0.05, 0) is 18.2 Å². The van der Waals surface area contributed by atoms with Gasteiger partial charge in [-0.25, -0.2) is 8.78 Å². The molecule has 0 heterocycles. The lowest BCUT2D eigenvalue weighted by Gasteiger charge is -2.16. The normalized spacial score (nSPS) is 12.6. The van der Waals surface area contributed by atoms with Gasteiger partial charge in [0.05, 0.1) is 16.9 Å². The summed E-state index contributed by atoms with van der Waals surface area (Å²) in [5, 5.41) is 1.35. The number of alkyl halides is 7. The van der Waals surface area contributed by atoms with Crippen LogP contribution in [-0.2, 0) is 11.0 Å². The Labute approximate surface area is 107 Å². The molecule has 0 saturated carbocycles. The maximum absolute atomic E-state index is 12.6. The van der Waals surface area contributed by atoms with E-state index in [1.54, 1.807) is 0 Å². The molecule has 20 heavy (non-hydrogen) atoms. The van der Waals surface area contributed by atoms with Gasteiger partial charge in [0.2, 0.25) is 0 Å². The largest absolute Gasteiger partial charge is 0.416 e. The molecule has 3 nitrogen and oxygen atoms in total. The molecule has 10 heteroatoms. The molecule has 0 spiro atoms. The third kappa shape index (κ3) is 3.31. The molecule has 0 aliphatic carbocycles. The second kappa shape index (κ2) is 5.17. The van der Waals surface area contributed by atoms with Crippen molar-refractivity contribution in [2.24, 2.45) is 0 Å². The van der Waals surface area contributed by atoms with Crippen LogP contribution in [0.4, 0.5) is 42.1 Å². The van der Waals surface area contributed by atoms with Gasteiger partial charge >= 0.3 is 24.4 Å². The maximum atomic E-state index is 12.6. The summed E-state index contributed by atoms with van der Waals surface area (Å²) in [6.45, 7) is 0. The number of halogens is 7. The SMILES string of the molecule is Nc1cc(C(F)(F)F)ccc1NC(=O)C(F)(F)C(F)F.